The Kier molecular flexibility index (Phi) is 306. The fraction of sp³-hybridized carbons (Fsp3) is 0. The molecule has 0 rings (SSSR count). The first-order valence-corrected chi connectivity index (χ1v) is 7.81. The summed E-state index contributed by atoms with van der Waals surface area (Å²) in [5, 5.41) is 27.6. The third kappa shape index (κ3) is 2140. The van der Waals surface area contributed by atoms with Crippen molar-refractivity contribution in [1.82, 2.24) is 0 Å². The van der Waals surface area contributed by atoms with Crippen LogP contribution < -0.4 is 0 Å². The van der Waals surface area contributed by atoms with Gasteiger partial charge in [0.25, 0.3) is 25.9 Å². The van der Waals surface area contributed by atoms with E-state index in [1.807, 2.05) is 31.9 Å². The van der Waals surface area contributed by atoms with E-state index in [9.17, 15) is 0 Å². The molecule has 84 valence electrons. The Hall–Kier alpha value is -0.743. The Morgan fingerprint density at radius 3 is 0.571 bits per heavy atom. The monoisotopic (exact) mass is 380 g/mol. The molecule has 0 fully saturated rings. The Balaban J connectivity index is -0.0000000243. The third-order valence-electron chi connectivity index (χ3n) is 0. The molecule has 8 nitrogen and oxygen atoms in total. The first-order chi connectivity index (χ1) is 6.66. The summed E-state index contributed by atoms with van der Waals surface area (Å²) < 4.78 is 0. The molecule has 0 spiro atoms. The van der Waals surface area contributed by atoms with Gasteiger partial charge in [0.1, 0.15) is 0 Å². The van der Waals surface area contributed by atoms with Gasteiger partial charge in [-0.2, -0.15) is 0 Å². The Morgan fingerprint density at radius 2 is 0.571 bits per heavy atom. The van der Waals surface area contributed by atoms with Crippen LogP contribution in [0.2, 0.25) is 0 Å². The zero-order valence-electron chi connectivity index (χ0n) is 6.55. The van der Waals surface area contributed by atoms with Gasteiger partial charge in [0.2, 0.25) is 0 Å². The molecule has 0 aromatic heterocycles. The summed E-state index contributed by atoms with van der Waals surface area (Å²) in [7, 11) is 0. The molecule has 0 unspecified atom stereocenters. The minimum absolute atomic E-state index is 0.250. The molecule has 0 saturated heterocycles. The average Bonchev–Trinajstić information content (AvgIpc) is 2.12. The van der Waals surface area contributed by atoms with E-state index >= 15 is 0 Å². The zero-order chi connectivity index (χ0) is 12.8. The van der Waals surface area contributed by atoms with Crippen molar-refractivity contribution < 1.29 is 71.5 Å². The van der Waals surface area contributed by atoms with Crippen molar-refractivity contribution in [3.05, 3.63) is 0 Å². The molecule has 0 heterocycles. The molecule has 0 radical (unpaired) electrons. The molecule has 14 heavy (non-hydrogen) atoms. The van der Waals surface area contributed by atoms with Gasteiger partial charge in [-0.1, -0.05) is 0 Å². The molecule has 0 bridgehead atoms. The van der Waals surface area contributed by atoms with Gasteiger partial charge in [-0.3, -0.25) is 19.2 Å². The number of hydrogen-bond acceptors (Lipinski definition) is 4. The molecular formula is C4H8Mo2O8. The van der Waals surface area contributed by atoms with E-state index in [0.29, 0.717) is 0 Å². The van der Waals surface area contributed by atoms with Crippen LogP contribution in [0.3, 0.4) is 0 Å². The SMILES string of the molecule is O=CO.O=CO.O=CO.O=CO.[Mo]#[Mo]. The molecule has 0 aliphatic heterocycles. The summed E-state index contributed by atoms with van der Waals surface area (Å²) in [5.74, 6) is 0. The molecule has 0 saturated carbocycles. The molecule has 0 amide bonds. The molecule has 0 aromatic rings. The topological polar surface area (TPSA) is 149 Å². The van der Waals surface area contributed by atoms with Crippen molar-refractivity contribution in [3.63, 3.8) is 0 Å². The maximum absolute atomic E-state index is 8.36. The van der Waals surface area contributed by atoms with Crippen LogP contribution in [0.1, 0.15) is 0 Å². The Bertz CT molecular complexity index is 99.8. The first-order valence-electron chi connectivity index (χ1n) is 2.14. The quantitative estimate of drug-likeness (QED) is 0.304. The molecule has 0 aromatic carbocycles. The first kappa shape index (κ1) is 29.2. The van der Waals surface area contributed by atoms with Crippen molar-refractivity contribution in [2.45, 2.75) is 0 Å². The van der Waals surface area contributed by atoms with Crippen molar-refractivity contribution in [1.29, 1.82) is 0 Å². The number of carbonyl (C=O) groups is 4. The van der Waals surface area contributed by atoms with Gasteiger partial charge in [-0.15, -0.1) is 0 Å². The van der Waals surface area contributed by atoms with Gasteiger partial charge in [0, 0.05) is 0 Å². The number of carboxylic acid groups (broad SMARTS) is 4. The van der Waals surface area contributed by atoms with Crippen LogP contribution in [0, 0.1) is 0 Å². The predicted octanol–water partition coefficient (Wildman–Crippen LogP) is -1.20. The van der Waals surface area contributed by atoms with Crippen LogP contribution in [0.25, 0.3) is 0 Å². The van der Waals surface area contributed by atoms with Gasteiger partial charge >= 0.3 is 31.9 Å². The van der Waals surface area contributed by atoms with Gasteiger partial charge in [0.05, 0.1) is 0 Å². The standard InChI is InChI=1S/4CH2O2.2Mo/c4*2-1-3;;/h4*1H,(H,2,3);;. The normalized spacial score (nSPS) is 3.57. The van der Waals surface area contributed by atoms with Crippen molar-refractivity contribution in [2.75, 3.05) is 0 Å². The van der Waals surface area contributed by atoms with Crippen LogP contribution in [0.15, 0.2) is 0 Å². The summed E-state index contributed by atoms with van der Waals surface area (Å²) in [5.41, 5.74) is 0. The van der Waals surface area contributed by atoms with Gasteiger partial charge < -0.3 is 20.4 Å². The average molecular weight is 376 g/mol. The Labute approximate surface area is 97.2 Å². The van der Waals surface area contributed by atoms with Crippen molar-refractivity contribution in [2.24, 2.45) is 0 Å². The summed E-state index contributed by atoms with van der Waals surface area (Å²) in [6.45, 7) is -1.00. The van der Waals surface area contributed by atoms with Crippen LogP contribution in [-0.4, -0.2) is 46.3 Å². The van der Waals surface area contributed by atoms with Crippen molar-refractivity contribution >= 4 is 25.9 Å². The number of rotatable bonds is 0. The Morgan fingerprint density at radius 1 is 0.571 bits per heavy atom. The van der Waals surface area contributed by atoms with Crippen molar-refractivity contribution in [3.8, 4) is 0 Å². The van der Waals surface area contributed by atoms with Crippen LogP contribution in [0.5, 0.6) is 0 Å². The van der Waals surface area contributed by atoms with E-state index < -0.39 is 0 Å². The van der Waals surface area contributed by atoms with E-state index in [1.165, 1.54) is 0 Å². The maximum atomic E-state index is 8.36. The van der Waals surface area contributed by atoms with E-state index in [4.69, 9.17) is 39.6 Å². The van der Waals surface area contributed by atoms with Gasteiger partial charge in [-0.05, 0) is 0 Å². The number of hydrogen-bond donors (Lipinski definition) is 4. The minimum atomic E-state index is -0.250. The molecule has 4 N–H and O–H groups in total. The van der Waals surface area contributed by atoms with Crippen LogP contribution >= 0.6 is 0 Å². The van der Waals surface area contributed by atoms with Gasteiger partial charge in [0.15, 0.2) is 0 Å². The second-order valence-corrected chi connectivity index (χ2v) is 0.422. The fourth-order valence-electron chi connectivity index (χ4n) is 0. The van der Waals surface area contributed by atoms with E-state index in [2.05, 4.69) is 0 Å². The van der Waals surface area contributed by atoms with Crippen LogP contribution in [0.4, 0.5) is 0 Å². The zero-order valence-corrected chi connectivity index (χ0v) is 10.6. The van der Waals surface area contributed by atoms with Crippen LogP contribution in [-0.2, 0) is 51.1 Å². The van der Waals surface area contributed by atoms with E-state index in [0.717, 1.165) is 0 Å². The third-order valence-corrected chi connectivity index (χ3v) is 0. The molecule has 10 heteroatoms. The molecule has 0 aliphatic rings. The molecule has 0 aliphatic carbocycles. The summed E-state index contributed by atoms with van der Waals surface area (Å²) in [6.07, 6.45) is 0. The second kappa shape index (κ2) is 146. The molecule has 0 atom stereocenters. The summed E-state index contributed by atoms with van der Waals surface area (Å²) in [4.78, 5) is 33.4. The van der Waals surface area contributed by atoms with E-state index in [1.54, 1.807) is 0 Å². The molecular weight excluding hydrogens is 368 g/mol. The predicted molar refractivity (Wildman–Crippen MR) is 34.8 cm³/mol. The summed E-state index contributed by atoms with van der Waals surface area (Å²) in [6, 6.07) is 0. The second-order valence-electron chi connectivity index (χ2n) is 0.422. The fourth-order valence-corrected chi connectivity index (χ4v) is 0. The van der Waals surface area contributed by atoms with Gasteiger partial charge in [-0.25, -0.2) is 0 Å². The van der Waals surface area contributed by atoms with E-state index in [-0.39, 0.29) is 25.9 Å². The summed E-state index contributed by atoms with van der Waals surface area (Å²) >= 11 is 3.92.